The molecule has 1 N–H and O–H groups in total. The Balaban J connectivity index is 1.92. The number of nitrogens with one attached hydrogen (secondary N) is 1. The number of nitrogens with zero attached hydrogens (tertiary/aromatic N) is 1. The normalized spacial score (nSPS) is 37.3. The molecule has 0 radical (unpaired) electrons. The largest absolute Gasteiger partial charge is 0.381 e. The zero-order valence-corrected chi connectivity index (χ0v) is 9.33. The minimum Gasteiger partial charge on any atom is -0.381 e. The predicted octanol–water partition coefficient (Wildman–Crippen LogP) is 0.848. The van der Waals surface area contributed by atoms with E-state index in [2.05, 4.69) is 24.1 Å². The van der Waals surface area contributed by atoms with Crippen LogP contribution >= 0.6 is 0 Å². The second-order valence-electron chi connectivity index (χ2n) is 4.70. The molecule has 2 heterocycles. The molecule has 2 saturated heterocycles. The van der Waals surface area contributed by atoms with Gasteiger partial charge >= 0.3 is 0 Å². The van der Waals surface area contributed by atoms with E-state index < -0.39 is 0 Å². The SMILES string of the molecule is CC1CN(C2CCOCC2)C(C)CN1. The molecule has 2 aliphatic heterocycles. The molecule has 0 aromatic rings. The van der Waals surface area contributed by atoms with Crippen molar-refractivity contribution in [2.75, 3.05) is 26.3 Å². The first-order valence-corrected chi connectivity index (χ1v) is 5.84. The molecule has 0 aromatic carbocycles. The molecule has 0 aromatic heterocycles. The average molecular weight is 198 g/mol. The summed E-state index contributed by atoms with van der Waals surface area (Å²) < 4.78 is 5.41. The van der Waals surface area contributed by atoms with Crippen LogP contribution in [0.15, 0.2) is 0 Å². The second kappa shape index (κ2) is 4.60. The maximum atomic E-state index is 5.41. The van der Waals surface area contributed by atoms with Crippen LogP contribution in [0.25, 0.3) is 0 Å². The van der Waals surface area contributed by atoms with Crippen LogP contribution in [0.5, 0.6) is 0 Å². The first kappa shape index (κ1) is 10.4. The summed E-state index contributed by atoms with van der Waals surface area (Å²) in [5.74, 6) is 0. The molecular formula is C11H22N2O. The Morgan fingerprint density at radius 3 is 2.64 bits per heavy atom. The van der Waals surface area contributed by atoms with E-state index in [0.29, 0.717) is 12.1 Å². The van der Waals surface area contributed by atoms with E-state index in [9.17, 15) is 0 Å². The average Bonchev–Trinajstić information content (AvgIpc) is 2.23. The van der Waals surface area contributed by atoms with Gasteiger partial charge in [-0.2, -0.15) is 0 Å². The van der Waals surface area contributed by atoms with Gasteiger partial charge in [-0.1, -0.05) is 0 Å². The highest BCUT2D eigenvalue weighted by Gasteiger charge is 2.29. The fourth-order valence-corrected chi connectivity index (χ4v) is 2.58. The van der Waals surface area contributed by atoms with Gasteiger partial charge in [0.2, 0.25) is 0 Å². The molecule has 0 spiro atoms. The third-order valence-corrected chi connectivity index (χ3v) is 3.47. The molecule has 0 saturated carbocycles. The molecule has 2 atom stereocenters. The highest BCUT2D eigenvalue weighted by Crippen LogP contribution is 2.19. The Kier molecular flexibility index (Phi) is 3.42. The van der Waals surface area contributed by atoms with Crippen LogP contribution in [0.2, 0.25) is 0 Å². The quantitative estimate of drug-likeness (QED) is 0.676. The third kappa shape index (κ3) is 2.27. The van der Waals surface area contributed by atoms with Crippen LogP contribution in [-0.4, -0.2) is 49.3 Å². The molecular weight excluding hydrogens is 176 g/mol. The molecule has 2 rings (SSSR count). The maximum Gasteiger partial charge on any atom is 0.0480 e. The number of hydrogen-bond donors (Lipinski definition) is 1. The molecule has 2 aliphatic rings. The fourth-order valence-electron chi connectivity index (χ4n) is 2.58. The summed E-state index contributed by atoms with van der Waals surface area (Å²) >= 11 is 0. The second-order valence-corrected chi connectivity index (χ2v) is 4.70. The molecule has 3 heteroatoms. The smallest absolute Gasteiger partial charge is 0.0480 e. The predicted molar refractivity (Wildman–Crippen MR) is 57.5 cm³/mol. The molecule has 0 bridgehead atoms. The molecule has 2 fully saturated rings. The van der Waals surface area contributed by atoms with Crippen LogP contribution in [0.3, 0.4) is 0 Å². The Morgan fingerprint density at radius 1 is 1.21 bits per heavy atom. The van der Waals surface area contributed by atoms with Crippen LogP contribution in [0, 0.1) is 0 Å². The number of hydrogen-bond acceptors (Lipinski definition) is 3. The van der Waals surface area contributed by atoms with Crippen molar-refractivity contribution in [1.82, 2.24) is 10.2 Å². The van der Waals surface area contributed by atoms with Gasteiger partial charge in [0.05, 0.1) is 0 Å². The summed E-state index contributed by atoms with van der Waals surface area (Å²) in [6.07, 6.45) is 2.44. The van der Waals surface area contributed by atoms with Crippen molar-refractivity contribution in [1.29, 1.82) is 0 Å². The summed E-state index contributed by atoms with van der Waals surface area (Å²) in [6, 6.07) is 2.10. The first-order chi connectivity index (χ1) is 6.77. The van der Waals surface area contributed by atoms with E-state index in [4.69, 9.17) is 4.74 Å². The molecule has 0 amide bonds. The fraction of sp³-hybridized carbons (Fsp3) is 1.00. The van der Waals surface area contributed by atoms with Gasteiger partial charge in [-0.25, -0.2) is 0 Å². The summed E-state index contributed by atoms with van der Waals surface area (Å²) in [7, 11) is 0. The molecule has 3 nitrogen and oxygen atoms in total. The van der Waals surface area contributed by atoms with Gasteiger partial charge in [0.1, 0.15) is 0 Å². The molecule has 2 unspecified atom stereocenters. The van der Waals surface area contributed by atoms with Gasteiger partial charge in [0, 0.05) is 44.4 Å². The van der Waals surface area contributed by atoms with Crippen molar-refractivity contribution in [2.24, 2.45) is 0 Å². The van der Waals surface area contributed by atoms with Crippen molar-refractivity contribution < 1.29 is 4.74 Å². The van der Waals surface area contributed by atoms with E-state index in [1.807, 2.05) is 0 Å². The summed E-state index contributed by atoms with van der Waals surface area (Å²) in [6.45, 7) is 8.85. The highest BCUT2D eigenvalue weighted by molar-refractivity contribution is 4.86. The summed E-state index contributed by atoms with van der Waals surface area (Å²) in [5, 5.41) is 3.53. The summed E-state index contributed by atoms with van der Waals surface area (Å²) in [5.41, 5.74) is 0. The first-order valence-electron chi connectivity index (χ1n) is 5.84. The lowest BCUT2D eigenvalue weighted by atomic mass is 10.0. The summed E-state index contributed by atoms with van der Waals surface area (Å²) in [4.78, 5) is 2.67. The lowest BCUT2D eigenvalue weighted by Crippen LogP contribution is -2.58. The lowest BCUT2D eigenvalue weighted by molar-refractivity contribution is 0.00595. The van der Waals surface area contributed by atoms with E-state index in [0.717, 1.165) is 25.8 Å². The van der Waals surface area contributed by atoms with Gasteiger partial charge < -0.3 is 10.1 Å². The van der Waals surface area contributed by atoms with E-state index in [1.165, 1.54) is 19.4 Å². The number of rotatable bonds is 1. The molecule has 14 heavy (non-hydrogen) atoms. The Bertz CT molecular complexity index is 180. The van der Waals surface area contributed by atoms with E-state index >= 15 is 0 Å². The van der Waals surface area contributed by atoms with Crippen molar-refractivity contribution in [3.8, 4) is 0 Å². The van der Waals surface area contributed by atoms with Crippen LogP contribution < -0.4 is 5.32 Å². The minimum atomic E-state index is 0.647. The van der Waals surface area contributed by atoms with Crippen molar-refractivity contribution >= 4 is 0 Å². The Labute approximate surface area is 86.8 Å². The molecule has 0 aliphatic carbocycles. The highest BCUT2D eigenvalue weighted by atomic mass is 16.5. The Hall–Kier alpha value is -0.120. The van der Waals surface area contributed by atoms with Gasteiger partial charge in [0.15, 0.2) is 0 Å². The lowest BCUT2D eigenvalue weighted by Gasteiger charge is -2.43. The maximum absolute atomic E-state index is 5.41. The van der Waals surface area contributed by atoms with Crippen molar-refractivity contribution in [2.45, 2.75) is 44.8 Å². The number of ether oxygens (including phenoxy) is 1. The minimum absolute atomic E-state index is 0.647. The van der Waals surface area contributed by atoms with Crippen LogP contribution in [0.1, 0.15) is 26.7 Å². The Morgan fingerprint density at radius 2 is 1.93 bits per heavy atom. The van der Waals surface area contributed by atoms with Gasteiger partial charge in [-0.3, -0.25) is 4.90 Å². The van der Waals surface area contributed by atoms with Crippen LogP contribution in [0.4, 0.5) is 0 Å². The number of piperazine rings is 1. The standard InChI is InChI=1S/C11H22N2O/c1-9-8-13(10(2)7-12-9)11-3-5-14-6-4-11/h9-12H,3-8H2,1-2H3. The zero-order chi connectivity index (χ0) is 9.97. The van der Waals surface area contributed by atoms with Gasteiger partial charge in [-0.05, 0) is 26.7 Å². The topological polar surface area (TPSA) is 24.5 Å². The van der Waals surface area contributed by atoms with Crippen molar-refractivity contribution in [3.05, 3.63) is 0 Å². The zero-order valence-electron chi connectivity index (χ0n) is 9.33. The third-order valence-electron chi connectivity index (χ3n) is 3.47. The van der Waals surface area contributed by atoms with Crippen molar-refractivity contribution in [3.63, 3.8) is 0 Å². The van der Waals surface area contributed by atoms with E-state index in [1.54, 1.807) is 0 Å². The monoisotopic (exact) mass is 198 g/mol. The van der Waals surface area contributed by atoms with Crippen LogP contribution in [-0.2, 0) is 4.74 Å². The molecule has 82 valence electrons. The van der Waals surface area contributed by atoms with Gasteiger partial charge in [0.25, 0.3) is 0 Å². The van der Waals surface area contributed by atoms with Gasteiger partial charge in [-0.15, -0.1) is 0 Å². The van der Waals surface area contributed by atoms with E-state index in [-0.39, 0.29) is 0 Å².